The summed E-state index contributed by atoms with van der Waals surface area (Å²) in [6.07, 6.45) is 2.27. The van der Waals surface area contributed by atoms with E-state index in [0.29, 0.717) is 11.4 Å². The molecule has 28 heavy (non-hydrogen) atoms. The molecule has 0 atom stereocenters. The maximum atomic E-state index is 12.9. The molecular formula is C21H19N5O2. The second-order valence-electron chi connectivity index (χ2n) is 6.46. The van der Waals surface area contributed by atoms with Crippen molar-refractivity contribution in [3.8, 4) is 5.69 Å². The monoisotopic (exact) mass is 373 g/mol. The van der Waals surface area contributed by atoms with Crippen molar-refractivity contribution in [2.45, 2.75) is 13.3 Å². The fourth-order valence-corrected chi connectivity index (χ4v) is 3.06. The minimum atomic E-state index is -0.409. The number of anilines is 1. The molecule has 0 aliphatic heterocycles. The third-order valence-corrected chi connectivity index (χ3v) is 4.55. The molecule has 0 aliphatic carbocycles. The van der Waals surface area contributed by atoms with Crippen molar-refractivity contribution in [2.75, 3.05) is 5.32 Å². The molecular weight excluding hydrogens is 354 g/mol. The van der Waals surface area contributed by atoms with Gasteiger partial charge in [-0.1, -0.05) is 37.3 Å². The molecule has 140 valence electrons. The van der Waals surface area contributed by atoms with Crippen LogP contribution in [0.15, 0.2) is 65.7 Å². The summed E-state index contributed by atoms with van der Waals surface area (Å²) < 4.78 is 2.85. The fraction of sp³-hybridized carbons (Fsp3) is 0.143. The second kappa shape index (κ2) is 7.11. The highest BCUT2D eigenvalue weighted by atomic mass is 16.2. The molecule has 0 fully saturated rings. The smallest absolute Gasteiger partial charge is 0.279 e. The molecule has 2 heterocycles. The Morgan fingerprint density at radius 2 is 1.89 bits per heavy atom. The Hall–Kier alpha value is -3.74. The highest BCUT2D eigenvalue weighted by Crippen LogP contribution is 2.19. The lowest BCUT2D eigenvalue weighted by Crippen LogP contribution is -2.19. The van der Waals surface area contributed by atoms with Crippen LogP contribution in [0.5, 0.6) is 0 Å². The molecule has 0 saturated heterocycles. The van der Waals surface area contributed by atoms with E-state index in [2.05, 4.69) is 22.3 Å². The van der Waals surface area contributed by atoms with E-state index in [4.69, 9.17) is 0 Å². The maximum absolute atomic E-state index is 12.9. The first-order valence-corrected chi connectivity index (χ1v) is 8.98. The number of aryl methyl sites for hydroxylation is 2. The SMILES string of the molecule is CCc1cccc(NC(=O)c2nn(-c3ccccc3)c3c(=O)n(C)cnc23)c1. The number of nitrogens with zero attached hydrogens (tertiary/aromatic N) is 4. The molecule has 4 aromatic rings. The molecule has 1 amide bonds. The number of carbonyl (C=O) groups is 1. The zero-order valence-electron chi connectivity index (χ0n) is 15.6. The van der Waals surface area contributed by atoms with Gasteiger partial charge in [0.2, 0.25) is 0 Å². The van der Waals surface area contributed by atoms with Crippen molar-refractivity contribution >= 4 is 22.6 Å². The lowest BCUT2D eigenvalue weighted by atomic mass is 10.1. The van der Waals surface area contributed by atoms with Crippen LogP contribution < -0.4 is 10.9 Å². The number of amides is 1. The number of aromatic nitrogens is 4. The number of fused-ring (bicyclic) bond motifs is 1. The van der Waals surface area contributed by atoms with Crippen LogP contribution in [-0.2, 0) is 13.5 Å². The number of hydrogen-bond acceptors (Lipinski definition) is 4. The summed E-state index contributed by atoms with van der Waals surface area (Å²) in [6.45, 7) is 2.05. The lowest BCUT2D eigenvalue weighted by Gasteiger charge is -2.05. The summed E-state index contributed by atoms with van der Waals surface area (Å²) in [4.78, 5) is 30.0. The van der Waals surface area contributed by atoms with Crippen molar-refractivity contribution in [3.63, 3.8) is 0 Å². The Morgan fingerprint density at radius 3 is 2.64 bits per heavy atom. The first kappa shape index (κ1) is 17.7. The molecule has 2 aromatic carbocycles. The van der Waals surface area contributed by atoms with Gasteiger partial charge in [0.1, 0.15) is 5.52 Å². The topological polar surface area (TPSA) is 81.8 Å². The van der Waals surface area contributed by atoms with Crippen molar-refractivity contribution in [1.29, 1.82) is 0 Å². The van der Waals surface area contributed by atoms with Crippen LogP contribution in [0.2, 0.25) is 0 Å². The van der Waals surface area contributed by atoms with E-state index in [0.717, 1.165) is 12.0 Å². The minimum absolute atomic E-state index is 0.110. The normalized spacial score (nSPS) is 10.9. The van der Waals surface area contributed by atoms with Gasteiger partial charge in [-0.3, -0.25) is 9.59 Å². The van der Waals surface area contributed by atoms with Crippen LogP contribution in [0.4, 0.5) is 5.69 Å². The third kappa shape index (κ3) is 3.07. The van der Waals surface area contributed by atoms with Crippen LogP contribution in [0.1, 0.15) is 23.0 Å². The molecule has 7 nitrogen and oxygen atoms in total. The molecule has 0 aliphatic rings. The molecule has 0 radical (unpaired) electrons. The van der Waals surface area contributed by atoms with Gasteiger partial charge < -0.3 is 9.88 Å². The number of benzene rings is 2. The molecule has 2 aromatic heterocycles. The van der Waals surface area contributed by atoms with Crippen LogP contribution in [0.3, 0.4) is 0 Å². The molecule has 4 rings (SSSR count). The van der Waals surface area contributed by atoms with E-state index in [9.17, 15) is 9.59 Å². The highest BCUT2D eigenvalue weighted by Gasteiger charge is 2.22. The maximum Gasteiger partial charge on any atom is 0.279 e. The summed E-state index contributed by atoms with van der Waals surface area (Å²) in [5.74, 6) is -0.409. The van der Waals surface area contributed by atoms with Gasteiger partial charge >= 0.3 is 0 Å². The van der Waals surface area contributed by atoms with E-state index in [1.54, 1.807) is 7.05 Å². The van der Waals surface area contributed by atoms with Gasteiger partial charge in [-0.25, -0.2) is 9.67 Å². The van der Waals surface area contributed by atoms with E-state index in [1.807, 2.05) is 54.6 Å². The predicted molar refractivity (Wildman–Crippen MR) is 108 cm³/mol. The molecule has 0 bridgehead atoms. The molecule has 0 saturated carbocycles. The molecule has 7 heteroatoms. The summed E-state index contributed by atoms with van der Waals surface area (Å²) in [7, 11) is 1.62. The Labute approximate surface area is 161 Å². The van der Waals surface area contributed by atoms with Gasteiger partial charge in [0.25, 0.3) is 11.5 Å². The first-order chi connectivity index (χ1) is 13.6. The summed E-state index contributed by atoms with van der Waals surface area (Å²) in [5.41, 5.74) is 2.86. The molecule has 0 spiro atoms. The van der Waals surface area contributed by atoms with Gasteiger partial charge in [0.05, 0.1) is 12.0 Å². The Morgan fingerprint density at radius 1 is 1.11 bits per heavy atom. The van der Waals surface area contributed by atoms with Crippen LogP contribution >= 0.6 is 0 Å². The Bertz CT molecular complexity index is 1220. The number of para-hydroxylation sites is 1. The second-order valence-corrected chi connectivity index (χ2v) is 6.46. The number of hydrogen-bond donors (Lipinski definition) is 1. The van der Waals surface area contributed by atoms with Crippen LogP contribution in [0, 0.1) is 0 Å². The van der Waals surface area contributed by atoms with Gasteiger partial charge in [-0.15, -0.1) is 0 Å². The van der Waals surface area contributed by atoms with Crippen molar-refractivity contribution in [2.24, 2.45) is 7.05 Å². The Kier molecular flexibility index (Phi) is 4.49. The molecule has 0 unspecified atom stereocenters. The zero-order valence-corrected chi connectivity index (χ0v) is 15.6. The van der Waals surface area contributed by atoms with Crippen LogP contribution in [0.25, 0.3) is 16.7 Å². The predicted octanol–water partition coefficient (Wildman–Crippen LogP) is 2.93. The van der Waals surface area contributed by atoms with Crippen molar-refractivity contribution in [1.82, 2.24) is 19.3 Å². The van der Waals surface area contributed by atoms with E-state index < -0.39 is 5.91 Å². The lowest BCUT2D eigenvalue weighted by molar-refractivity contribution is 0.102. The molecule has 1 N–H and O–H groups in total. The quantitative estimate of drug-likeness (QED) is 0.596. The standard InChI is InChI=1S/C21H19N5O2/c1-3-14-8-7-9-15(12-14)23-20(27)18-17-19(21(28)25(2)13-22-17)26(24-18)16-10-5-4-6-11-16/h4-13H,3H2,1-2H3,(H,23,27). The number of rotatable bonds is 4. The third-order valence-electron chi connectivity index (χ3n) is 4.55. The number of carbonyl (C=O) groups excluding carboxylic acids is 1. The van der Waals surface area contributed by atoms with Crippen molar-refractivity contribution < 1.29 is 4.79 Å². The van der Waals surface area contributed by atoms with E-state index >= 15 is 0 Å². The largest absolute Gasteiger partial charge is 0.321 e. The zero-order chi connectivity index (χ0) is 19.7. The first-order valence-electron chi connectivity index (χ1n) is 8.98. The average Bonchev–Trinajstić information content (AvgIpc) is 3.12. The van der Waals surface area contributed by atoms with Crippen molar-refractivity contribution in [3.05, 3.63) is 82.5 Å². The van der Waals surface area contributed by atoms with Crippen LogP contribution in [-0.4, -0.2) is 25.2 Å². The fourth-order valence-electron chi connectivity index (χ4n) is 3.06. The van der Waals surface area contributed by atoms with Gasteiger partial charge in [-0.2, -0.15) is 5.10 Å². The summed E-state index contributed by atoms with van der Waals surface area (Å²) >= 11 is 0. The highest BCUT2D eigenvalue weighted by molar-refractivity contribution is 6.10. The minimum Gasteiger partial charge on any atom is -0.321 e. The van der Waals surface area contributed by atoms with Gasteiger partial charge in [-0.05, 0) is 36.2 Å². The average molecular weight is 373 g/mol. The van der Waals surface area contributed by atoms with E-state index in [-0.39, 0.29) is 22.3 Å². The number of nitrogens with one attached hydrogen (secondary N) is 1. The Balaban J connectivity index is 1.84. The summed E-state index contributed by atoms with van der Waals surface area (Å²) in [6, 6.07) is 16.8. The van der Waals surface area contributed by atoms with Gasteiger partial charge in [0.15, 0.2) is 11.2 Å². The van der Waals surface area contributed by atoms with Gasteiger partial charge in [0, 0.05) is 12.7 Å². The summed E-state index contributed by atoms with van der Waals surface area (Å²) in [5, 5.41) is 7.29. The van der Waals surface area contributed by atoms with E-state index in [1.165, 1.54) is 15.6 Å².